The third-order valence-corrected chi connectivity index (χ3v) is 18.7. The average Bonchev–Trinajstić information content (AvgIpc) is 3.37. The molecule has 6 aromatic rings. The highest BCUT2D eigenvalue weighted by molar-refractivity contribution is 9.11. The van der Waals surface area contributed by atoms with Gasteiger partial charge < -0.3 is 49.7 Å². The lowest BCUT2D eigenvalue weighted by Gasteiger charge is -2.37. The third-order valence-electron chi connectivity index (χ3n) is 12.4. The molecular formula is C59H74BBr2NO11Si. The monoisotopic (exact) mass is 1170 g/mol. The van der Waals surface area contributed by atoms with Crippen molar-refractivity contribution in [1.82, 2.24) is 5.32 Å². The van der Waals surface area contributed by atoms with Crippen LogP contribution in [-0.2, 0) is 25.9 Å². The number of allylic oxidation sites excluding steroid dienone is 1. The van der Waals surface area contributed by atoms with E-state index in [0.29, 0.717) is 40.6 Å². The van der Waals surface area contributed by atoms with Crippen LogP contribution in [-0.4, -0.2) is 70.7 Å². The fraction of sp³-hybridized carbons (Fsp3) is 0.322. The molecule has 0 bridgehead atoms. The Balaban J connectivity index is 0.000000245. The normalized spacial score (nSPS) is 14.2. The molecule has 0 saturated carbocycles. The molecule has 75 heavy (non-hydrogen) atoms. The molecule has 2 aliphatic rings. The van der Waals surface area contributed by atoms with Gasteiger partial charge in [0.05, 0.1) is 27.8 Å². The Hall–Kier alpha value is -5.88. The van der Waals surface area contributed by atoms with E-state index >= 15 is 0 Å². The lowest BCUT2D eigenvalue weighted by molar-refractivity contribution is 0.111. The van der Waals surface area contributed by atoms with E-state index in [1.807, 2.05) is 38.1 Å². The zero-order valence-electron chi connectivity index (χ0n) is 44.7. The van der Waals surface area contributed by atoms with Gasteiger partial charge in [-0.25, -0.2) is 0 Å². The summed E-state index contributed by atoms with van der Waals surface area (Å²) in [4.78, 5) is 20.5. The van der Waals surface area contributed by atoms with Gasteiger partial charge in [-0.2, -0.15) is 0 Å². The molecule has 402 valence electrons. The molecule has 2 aliphatic heterocycles. The van der Waals surface area contributed by atoms with Crippen LogP contribution < -0.4 is 19.2 Å². The van der Waals surface area contributed by atoms with Crippen molar-refractivity contribution in [3.8, 4) is 40.2 Å². The first-order valence-corrected chi connectivity index (χ1v) is 29.2. The number of hydrogen-bond acceptors (Lipinski definition) is 12. The number of aldehydes is 2. The van der Waals surface area contributed by atoms with Gasteiger partial charge in [0.15, 0.2) is 12.6 Å². The first kappa shape index (κ1) is 63.4. The molecule has 0 radical (unpaired) electrons. The summed E-state index contributed by atoms with van der Waals surface area (Å²) < 4.78 is 19.7. The SMILES string of the molecule is C/C=C/B(O)O.CC1CCc2c(ccc(O[Si](C)(C)C(C)(C)C)c2Br)O1.Cc1c(O)ccc2c1CCC(C)O2.Cc1ccc(O)c(C=O)c1Br.O=Cc1cc(O)ccc1O.c1ccc(CNCc2ccccc2)cc1. The minimum Gasteiger partial charge on any atom is -0.543 e. The Labute approximate surface area is 462 Å². The highest BCUT2D eigenvalue weighted by Gasteiger charge is 2.39. The zero-order chi connectivity index (χ0) is 55.9. The summed E-state index contributed by atoms with van der Waals surface area (Å²) in [5, 5.41) is 56.0. The summed E-state index contributed by atoms with van der Waals surface area (Å²) >= 11 is 6.92. The summed E-state index contributed by atoms with van der Waals surface area (Å²) in [5.74, 6) is 4.42. The summed E-state index contributed by atoms with van der Waals surface area (Å²) in [6, 6.07) is 35.6. The van der Waals surface area contributed by atoms with Crippen molar-refractivity contribution < 1.29 is 54.0 Å². The van der Waals surface area contributed by atoms with Crippen molar-refractivity contribution in [3.63, 3.8) is 0 Å². The molecule has 8 rings (SSSR count). The lowest BCUT2D eigenvalue weighted by atomic mass is 9.92. The molecule has 0 saturated heterocycles. The lowest BCUT2D eigenvalue weighted by Crippen LogP contribution is -2.44. The van der Waals surface area contributed by atoms with E-state index in [1.54, 1.807) is 25.1 Å². The Morgan fingerprint density at radius 1 is 0.693 bits per heavy atom. The highest BCUT2D eigenvalue weighted by Crippen LogP contribution is 2.44. The van der Waals surface area contributed by atoms with Gasteiger partial charge in [0.25, 0.3) is 8.32 Å². The van der Waals surface area contributed by atoms with E-state index < -0.39 is 15.4 Å². The fourth-order valence-corrected chi connectivity index (χ4v) is 9.19. The molecule has 12 nitrogen and oxygen atoms in total. The number of ether oxygens (including phenoxy) is 2. The number of carbonyl (C=O) groups excluding carboxylic acids is 2. The second-order valence-electron chi connectivity index (χ2n) is 19.5. The standard InChI is InChI=1S/C16H25BrO2Si.C14H15N.C11H14O2.C8H7BrO2.C7H6O3.C3H7BO2/c1-11-7-8-12-13(18-11)9-10-14(15(12)17)19-20(5,6)16(2,3)4;1-3-7-13(8-4-1)11-15-12-14-9-5-2-6-10-14;1-7-3-4-9-8(2)10(12)5-6-11(9)13-7;1-5-2-3-7(11)6(4-10)8(5)9;8-4-5-3-6(9)1-2-7(5)10;1-2-3-4(5)6/h9-11H,7-8H2,1-6H3;1-10,15H,11-12H2;5-7,12H,3-4H2,1-2H3;2-4,11H,1H3;1-4,9-10H;2-3,5-6H,1H3/b;;;;;3-2+. The van der Waals surface area contributed by atoms with E-state index in [2.05, 4.69) is 139 Å². The Morgan fingerprint density at radius 2 is 1.20 bits per heavy atom. The number of fused-ring (bicyclic) bond motifs is 2. The highest BCUT2D eigenvalue weighted by atomic mass is 79.9. The number of halogens is 2. The van der Waals surface area contributed by atoms with Gasteiger partial charge in [0, 0.05) is 28.7 Å². The second-order valence-corrected chi connectivity index (χ2v) is 25.8. The van der Waals surface area contributed by atoms with Crippen LogP contribution in [0.4, 0.5) is 0 Å². The van der Waals surface area contributed by atoms with E-state index in [1.165, 1.54) is 46.9 Å². The van der Waals surface area contributed by atoms with Crippen LogP contribution >= 0.6 is 31.9 Å². The minimum absolute atomic E-state index is 0.0116. The number of aryl methyl sites for hydroxylation is 1. The molecule has 7 N–H and O–H groups in total. The Kier molecular flexibility index (Phi) is 26.4. The molecule has 6 aromatic carbocycles. The zero-order valence-corrected chi connectivity index (χ0v) is 48.9. The van der Waals surface area contributed by atoms with E-state index in [-0.39, 0.29) is 27.9 Å². The predicted molar refractivity (Wildman–Crippen MR) is 311 cm³/mol. The van der Waals surface area contributed by atoms with Crippen molar-refractivity contribution >= 4 is 59.9 Å². The summed E-state index contributed by atoms with van der Waals surface area (Å²) in [5.41, 5.74) is 7.37. The first-order valence-electron chi connectivity index (χ1n) is 24.8. The number of benzene rings is 6. The molecule has 0 aromatic heterocycles. The van der Waals surface area contributed by atoms with Crippen LogP contribution in [0.25, 0.3) is 0 Å². The number of carbonyl (C=O) groups is 2. The predicted octanol–water partition coefficient (Wildman–Crippen LogP) is 13.7. The van der Waals surface area contributed by atoms with Crippen molar-refractivity contribution in [2.75, 3.05) is 0 Å². The average molecular weight is 1170 g/mol. The van der Waals surface area contributed by atoms with Crippen LogP contribution in [0.5, 0.6) is 40.2 Å². The number of aromatic hydroxyl groups is 4. The topological polar surface area (TPSA) is 195 Å². The number of phenolic OH excluding ortho intramolecular Hbond substituents is 4. The third kappa shape index (κ3) is 21.0. The maximum atomic E-state index is 10.4. The maximum Gasteiger partial charge on any atom is 0.480 e. The molecule has 0 aliphatic carbocycles. The number of hydrogen-bond donors (Lipinski definition) is 7. The number of phenols is 4. The van der Waals surface area contributed by atoms with Gasteiger partial charge in [-0.3, -0.25) is 9.59 Å². The van der Waals surface area contributed by atoms with Gasteiger partial charge >= 0.3 is 7.12 Å². The van der Waals surface area contributed by atoms with Gasteiger partial charge in [0.1, 0.15) is 40.2 Å². The van der Waals surface area contributed by atoms with Crippen LogP contribution in [0.1, 0.15) is 108 Å². The smallest absolute Gasteiger partial charge is 0.480 e. The van der Waals surface area contributed by atoms with Crippen molar-refractivity contribution in [2.24, 2.45) is 0 Å². The van der Waals surface area contributed by atoms with E-state index in [4.69, 9.17) is 39.3 Å². The molecule has 0 spiro atoms. The molecule has 0 fully saturated rings. The largest absolute Gasteiger partial charge is 0.543 e. The quantitative estimate of drug-likeness (QED) is 0.0412. The molecule has 0 amide bonds. The van der Waals surface area contributed by atoms with Crippen LogP contribution in [0.2, 0.25) is 18.1 Å². The fourth-order valence-electron chi connectivity index (χ4n) is 6.97. The van der Waals surface area contributed by atoms with Gasteiger partial charge in [-0.15, -0.1) is 0 Å². The first-order chi connectivity index (χ1) is 35.4. The van der Waals surface area contributed by atoms with Crippen LogP contribution in [0.3, 0.4) is 0 Å². The van der Waals surface area contributed by atoms with Crippen molar-refractivity contribution in [3.05, 3.63) is 181 Å². The van der Waals surface area contributed by atoms with Crippen LogP contribution in [0.15, 0.2) is 136 Å². The summed E-state index contributed by atoms with van der Waals surface area (Å²) in [7, 11) is -3.09. The van der Waals surface area contributed by atoms with Gasteiger partial charge in [-0.05, 0) is 181 Å². The van der Waals surface area contributed by atoms with Crippen molar-refractivity contribution in [2.45, 2.75) is 125 Å². The van der Waals surface area contributed by atoms with Crippen LogP contribution in [0, 0.1) is 13.8 Å². The maximum absolute atomic E-state index is 10.4. The summed E-state index contributed by atoms with van der Waals surface area (Å²) in [6.45, 7) is 22.9. The Morgan fingerprint density at radius 3 is 1.67 bits per heavy atom. The molecule has 2 unspecified atom stereocenters. The van der Waals surface area contributed by atoms with Gasteiger partial charge in [0.2, 0.25) is 0 Å². The minimum atomic E-state index is -1.81. The molecule has 16 heteroatoms. The molecule has 2 atom stereocenters. The van der Waals surface area contributed by atoms with Crippen molar-refractivity contribution in [1.29, 1.82) is 0 Å². The summed E-state index contributed by atoms with van der Waals surface area (Å²) in [6.07, 6.45) is 7.46. The Bertz CT molecular complexity index is 2710. The van der Waals surface area contributed by atoms with Gasteiger partial charge in [-0.1, -0.05) is 99.6 Å². The number of nitrogens with one attached hydrogen (secondary N) is 1. The van der Waals surface area contributed by atoms with E-state index in [9.17, 15) is 14.7 Å². The van der Waals surface area contributed by atoms with E-state index in [0.717, 1.165) is 77.2 Å². The number of rotatable bonds is 9. The molecular weight excluding hydrogens is 1100 g/mol. The second kappa shape index (κ2) is 31.2. The molecule has 2 heterocycles.